The van der Waals surface area contributed by atoms with Crippen molar-refractivity contribution in [2.45, 2.75) is 26.9 Å². The normalized spacial score (nSPS) is 20.4. The first-order chi connectivity index (χ1) is 8.67. The van der Waals surface area contributed by atoms with E-state index in [1.165, 1.54) is 0 Å². The fraction of sp³-hybridized carbons (Fsp3) is 0.923. The van der Waals surface area contributed by atoms with Crippen molar-refractivity contribution < 1.29 is 9.47 Å². The first-order valence-electron chi connectivity index (χ1n) is 6.81. The third-order valence-corrected chi connectivity index (χ3v) is 2.73. The average molecular weight is 385 g/mol. The molecule has 6 heteroatoms. The molecular formula is C13H28IN3O2. The molecule has 0 radical (unpaired) electrons. The molecule has 0 spiro atoms. The van der Waals surface area contributed by atoms with Crippen molar-refractivity contribution in [2.75, 3.05) is 46.5 Å². The molecule has 1 saturated heterocycles. The molecule has 0 bridgehead atoms. The Bertz CT molecular complexity index is 260. The van der Waals surface area contributed by atoms with Crippen molar-refractivity contribution in [3.8, 4) is 0 Å². The van der Waals surface area contributed by atoms with Gasteiger partial charge in [0.05, 0.1) is 19.3 Å². The molecule has 0 aromatic carbocycles. The Hall–Kier alpha value is -0.0800. The summed E-state index contributed by atoms with van der Waals surface area (Å²) in [7, 11) is 1.71. The Kier molecular flexibility index (Phi) is 10.6. The number of nitrogens with zero attached hydrogens (tertiary/aromatic N) is 2. The number of methoxy groups -OCH3 is 1. The van der Waals surface area contributed by atoms with Gasteiger partial charge < -0.3 is 19.7 Å². The molecular weight excluding hydrogens is 357 g/mol. The van der Waals surface area contributed by atoms with Gasteiger partial charge in [0.1, 0.15) is 0 Å². The zero-order valence-electron chi connectivity index (χ0n) is 12.5. The number of aliphatic imine (C=N–C) groups is 1. The van der Waals surface area contributed by atoms with Gasteiger partial charge in [-0.05, 0) is 12.8 Å². The second kappa shape index (κ2) is 10.7. The molecule has 0 amide bonds. The van der Waals surface area contributed by atoms with Crippen LogP contribution in [-0.4, -0.2) is 63.5 Å². The topological polar surface area (TPSA) is 46.1 Å². The Labute approximate surface area is 134 Å². The highest BCUT2D eigenvalue weighted by Crippen LogP contribution is 2.06. The van der Waals surface area contributed by atoms with Gasteiger partial charge in [0.2, 0.25) is 0 Å². The average Bonchev–Trinajstić information content (AvgIpc) is 2.35. The molecule has 1 heterocycles. The van der Waals surface area contributed by atoms with Crippen LogP contribution in [0.15, 0.2) is 4.99 Å². The lowest BCUT2D eigenvalue weighted by atomic mass is 10.2. The van der Waals surface area contributed by atoms with Gasteiger partial charge in [-0.25, -0.2) is 0 Å². The molecule has 1 unspecified atom stereocenters. The van der Waals surface area contributed by atoms with E-state index in [1.807, 2.05) is 0 Å². The molecule has 0 aromatic rings. The van der Waals surface area contributed by atoms with Crippen LogP contribution < -0.4 is 5.32 Å². The molecule has 114 valence electrons. The van der Waals surface area contributed by atoms with Crippen LogP contribution in [0.25, 0.3) is 0 Å². The third kappa shape index (κ3) is 7.31. The van der Waals surface area contributed by atoms with E-state index in [-0.39, 0.29) is 30.1 Å². The minimum atomic E-state index is 0. The zero-order chi connectivity index (χ0) is 13.4. The van der Waals surface area contributed by atoms with Crippen LogP contribution in [0.2, 0.25) is 0 Å². The molecule has 1 fully saturated rings. The predicted octanol–water partition coefficient (Wildman–Crippen LogP) is 1.57. The van der Waals surface area contributed by atoms with Crippen LogP contribution in [0, 0.1) is 5.92 Å². The predicted molar refractivity (Wildman–Crippen MR) is 89.4 cm³/mol. The van der Waals surface area contributed by atoms with Gasteiger partial charge in [0.15, 0.2) is 5.96 Å². The van der Waals surface area contributed by atoms with E-state index < -0.39 is 0 Å². The minimum Gasteiger partial charge on any atom is -0.382 e. The summed E-state index contributed by atoms with van der Waals surface area (Å²) in [6.07, 6.45) is 0.145. The molecule has 0 saturated carbocycles. The number of halogens is 1. The van der Waals surface area contributed by atoms with Crippen molar-refractivity contribution in [1.82, 2.24) is 10.2 Å². The van der Waals surface area contributed by atoms with E-state index in [0.29, 0.717) is 12.5 Å². The number of hydrogen-bond donors (Lipinski definition) is 1. The third-order valence-electron chi connectivity index (χ3n) is 2.73. The molecule has 19 heavy (non-hydrogen) atoms. The quantitative estimate of drug-likeness (QED) is 0.444. The highest BCUT2D eigenvalue weighted by atomic mass is 127. The largest absolute Gasteiger partial charge is 0.382 e. The molecule has 1 N–H and O–H groups in total. The molecule has 0 aromatic heterocycles. The first-order valence-corrected chi connectivity index (χ1v) is 6.81. The van der Waals surface area contributed by atoms with Crippen LogP contribution in [0.1, 0.15) is 20.8 Å². The fourth-order valence-electron chi connectivity index (χ4n) is 1.89. The lowest BCUT2D eigenvalue weighted by Gasteiger charge is -2.34. The summed E-state index contributed by atoms with van der Waals surface area (Å²) >= 11 is 0. The SMILES string of the molecule is CCNC(=NCC(C)C)N1CCOC(COC)C1.I. The van der Waals surface area contributed by atoms with Crippen molar-refractivity contribution in [3.05, 3.63) is 0 Å². The number of guanidine groups is 1. The summed E-state index contributed by atoms with van der Waals surface area (Å²) in [5.41, 5.74) is 0. The number of ether oxygens (including phenoxy) is 2. The number of nitrogens with one attached hydrogen (secondary N) is 1. The second-order valence-electron chi connectivity index (χ2n) is 4.98. The second-order valence-corrected chi connectivity index (χ2v) is 4.98. The van der Waals surface area contributed by atoms with E-state index >= 15 is 0 Å². The molecule has 5 nitrogen and oxygen atoms in total. The Morgan fingerprint density at radius 3 is 2.84 bits per heavy atom. The summed E-state index contributed by atoms with van der Waals surface area (Å²) < 4.78 is 10.8. The summed E-state index contributed by atoms with van der Waals surface area (Å²) in [5, 5.41) is 3.35. The monoisotopic (exact) mass is 385 g/mol. The highest BCUT2D eigenvalue weighted by molar-refractivity contribution is 14.0. The Balaban J connectivity index is 0.00000324. The van der Waals surface area contributed by atoms with Crippen LogP contribution >= 0.6 is 24.0 Å². The molecule has 1 atom stereocenters. The first kappa shape index (κ1) is 18.9. The maximum Gasteiger partial charge on any atom is 0.194 e. The summed E-state index contributed by atoms with van der Waals surface area (Å²) in [6.45, 7) is 11.3. The van der Waals surface area contributed by atoms with E-state index in [1.54, 1.807) is 7.11 Å². The molecule has 1 aliphatic heterocycles. The van der Waals surface area contributed by atoms with Gasteiger partial charge in [0, 0.05) is 33.3 Å². The van der Waals surface area contributed by atoms with Crippen LogP contribution in [0.4, 0.5) is 0 Å². The van der Waals surface area contributed by atoms with E-state index in [4.69, 9.17) is 9.47 Å². The summed E-state index contributed by atoms with van der Waals surface area (Å²) in [5.74, 6) is 1.57. The standard InChI is InChI=1S/C13H27N3O2.HI/c1-5-14-13(15-8-11(2)3)16-6-7-18-12(9-16)10-17-4;/h11-12H,5-10H2,1-4H3,(H,14,15);1H. The smallest absolute Gasteiger partial charge is 0.194 e. The minimum absolute atomic E-state index is 0. The maximum absolute atomic E-state index is 5.65. The van der Waals surface area contributed by atoms with Crippen LogP contribution in [0.5, 0.6) is 0 Å². The highest BCUT2D eigenvalue weighted by Gasteiger charge is 2.22. The van der Waals surface area contributed by atoms with Gasteiger partial charge in [-0.1, -0.05) is 13.8 Å². The molecule has 0 aliphatic carbocycles. The molecule has 1 aliphatic rings. The summed E-state index contributed by atoms with van der Waals surface area (Å²) in [6, 6.07) is 0. The van der Waals surface area contributed by atoms with Gasteiger partial charge >= 0.3 is 0 Å². The van der Waals surface area contributed by atoms with Crippen molar-refractivity contribution in [3.63, 3.8) is 0 Å². The number of morpholine rings is 1. The van der Waals surface area contributed by atoms with E-state index in [9.17, 15) is 0 Å². The maximum atomic E-state index is 5.65. The lowest BCUT2D eigenvalue weighted by molar-refractivity contribution is -0.0447. The summed E-state index contributed by atoms with van der Waals surface area (Å²) in [4.78, 5) is 6.93. The van der Waals surface area contributed by atoms with Crippen LogP contribution in [-0.2, 0) is 9.47 Å². The zero-order valence-corrected chi connectivity index (χ0v) is 14.8. The van der Waals surface area contributed by atoms with Gasteiger partial charge in [0.25, 0.3) is 0 Å². The van der Waals surface area contributed by atoms with Crippen molar-refractivity contribution in [2.24, 2.45) is 10.9 Å². The number of hydrogen-bond acceptors (Lipinski definition) is 3. The molecule has 1 rings (SSSR count). The van der Waals surface area contributed by atoms with Gasteiger partial charge in [-0.2, -0.15) is 0 Å². The van der Waals surface area contributed by atoms with Crippen molar-refractivity contribution >= 4 is 29.9 Å². The number of rotatable bonds is 5. The lowest BCUT2D eigenvalue weighted by Crippen LogP contribution is -2.51. The van der Waals surface area contributed by atoms with E-state index in [2.05, 4.69) is 36.0 Å². The van der Waals surface area contributed by atoms with Crippen molar-refractivity contribution in [1.29, 1.82) is 0 Å². The van der Waals surface area contributed by atoms with Gasteiger partial charge in [-0.3, -0.25) is 4.99 Å². The van der Waals surface area contributed by atoms with E-state index in [0.717, 1.165) is 38.7 Å². The van der Waals surface area contributed by atoms with Gasteiger partial charge in [-0.15, -0.1) is 24.0 Å². The Morgan fingerprint density at radius 2 is 2.26 bits per heavy atom. The fourth-order valence-corrected chi connectivity index (χ4v) is 1.89. The van der Waals surface area contributed by atoms with Crippen LogP contribution in [0.3, 0.4) is 0 Å². The Morgan fingerprint density at radius 1 is 1.53 bits per heavy atom.